The molecule has 2 heterocycles. The highest BCUT2D eigenvalue weighted by atomic mass is 32.1. The Balaban J connectivity index is 0.0000001000. The number of nitrogens with zero attached hydrogens (tertiary/aromatic N) is 1. The zero-order chi connectivity index (χ0) is 7.07. The van der Waals surface area contributed by atoms with Crippen LogP contribution in [0.2, 0.25) is 0 Å². The maximum absolute atomic E-state index is 4.47. The average Bonchev–Trinajstić information content (AvgIpc) is 2.67. The summed E-state index contributed by atoms with van der Waals surface area (Å²) in [4.78, 5) is 3.56. The van der Waals surface area contributed by atoms with E-state index in [0.717, 1.165) is 0 Å². The van der Waals surface area contributed by atoms with E-state index in [1.807, 2.05) is 22.9 Å². The lowest BCUT2D eigenvalue weighted by molar-refractivity contribution is 0.558. The third-order valence-corrected chi connectivity index (χ3v) is 1.40. The summed E-state index contributed by atoms with van der Waals surface area (Å²) in [5.74, 6) is 0. The van der Waals surface area contributed by atoms with Crippen molar-refractivity contribution in [2.45, 2.75) is 0 Å². The molecule has 0 saturated carbocycles. The van der Waals surface area contributed by atoms with Crippen LogP contribution in [0.1, 0.15) is 0 Å². The number of hydrogen-bond acceptors (Lipinski definition) is 3. The molecule has 2 aromatic heterocycles. The third kappa shape index (κ3) is 3.04. The molecule has 0 atom stereocenters. The summed E-state index contributed by atoms with van der Waals surface area (Å²) in [6.07, 6.45) is 4.47. The minimum Gasteiger partial charge on any atom is -0.452 e. The molecule has 0 saturated heterocycles. The molecule has 10 heavy (non-hydrogen) atoms. The summed E-state index contributed by atoms with van der Waals surface area (Å²) < 4.78 is 4.47. The molecule has 0 fully saturated rings. The van der Waals surface area contributed by atoms with Crippen LogP contribution in [0.4, 0.5) is 0 Å². The standard InChI is InChI=1S/C4H4S.C3H3NO/c1-2-4-5-3-1;1-2-5-3-4-1/h1-4H;1-3H. The van der Waals surface area contributed by atoms with Gasteiger partial charge in [-0.15, -0.1) is 0 Å². The van der Waals surface area contributed by atoms with Gasteiger partial charge in [0.1, 0.15) is 6.26 Å². The Kier molecular flexibility index (Phi) is 3.34. The smallest absolute Gasteiger partial charge is 0.180 e. The van der Waals surface area contributed by atoms with Crippen molar-refractivity contribution < 1.29 is 4.42 Å². The van der Waals surface area contributed by atoms with Crippen molar-refractivity contribution in [3.63, 3.8) is 0 Å². The van der Waals surface area contributed by atoms with Gasteiger partial charge < -0.3 is 4.42 Å². The van der Waals surface area contributed by atoms with Crippen LogP contribution in [0.15, 0.2) is 46.2 Å². The fraction of sp³-hybridized carbons (Fsp3) is 0. The van der Waals surface area contributed by atoms with E-state index in [2.05, 4.69) is 9.40 Å². The topological polar surface area (TPSA) is 26.0 Å². The second-order valence-corrected chi connectivity index (χ2v) is 2.29. The maximum Gasteiger partial charge on any atom is 0.180 e. The molecule has 52 valence electrons. The van der Waals surface area contributed by atoms with Crippen LogP contribution in [0.25, 0.3) is 0 Å². The largest absolute Gasteiger partial charge is 0.452 e. The zero-order valence-electron chi connectivity index (χ0n) is 5.31. The molecule has 0 amide bonds. The number of thiophene rings is 1. The van der Waals surface area contributed by atoms with E-state index in [9.17, 15) is 0 Å². The number of hydrogen-bond donors (Lipinski definition) is 0. The fourth-order valence-corrected chi connectivity index (χ4v) is 0.856. The van der Waals surface area contributed by atoms with Crippen molar-refractivity contribution in [1.82, 2.24) is 4.98 Å². The Hall–Kier alpha value is -1.09. The molecule has 2 aromatic rings. The van der Waals surface area contributed by atoms with E-state index in [4.69, 9.17) is 0 Å². The quantitative estimate of drug-likeness (QED) is 0.581. The van der Waals surface area contributed by atoms with Crippen LogP contribution < -0.4 is 0 Å². The average molecular weight is 153 g/mol. The van der Waals surface area contributed by atoms with E-state index >= 15 is 0 Å². The van der Waals surface area contributed by atoms with Gasteiger partial charge in [-0.2, -0.15) is 11.3 Å². The molecule has 2 rings (SSSR count). The lowest BCUT2D eigenvalue weighted by Gasteiger charge is -1.47. The lowest BCUT2D eigenvalue weighted by atomic mass is 10.7. The second-order valence-electron chi connectivity index (χ2n) is 1.47. The summed E-state index contributed by atoms with van der Waals surface area (Å²) in [5, 5.41) is 4.08. The van der Waals surface area contributed by atoms with Crippen molar-refractivity contribution in [2.75, 3.05) is 0 Å². The van der Waals surface area contributed by atoms with Crippen molar-refractivity contribution in [3.8, 4) is 0 Å². The van der Waals surface area contributed by atoms with E-state index in [0.29, 0.717) is 0 Å². The summed E-state index contributed by atoms with van der Waals surface area (Å²) in [5.41, 5.74) is 0. The first-order valence-electron chi connectivity index (χ1n) is 2.79. The summed E-state index contributed by atoms with van der Waals surface area (Å²) in [6, 6.07) is 4.04. The van der Waals surface area contributed by atoms with Crippen molar-refractivity contribution in [2.24, 2.45) is 0 Å². The molecule has 0 radical (unpaired) electrons. The summed E-state index contributed by atoms with van der Waals surface area (Å²) in [6.45, 7) is 0. The molecule has 2 nitrogen and oxygen atoms in total. The minimum atomic E-state index is 1.38. The van der Waals surface area contributed by atoms with Gasteiger partial charge >= 0.3 is 0 Å². The first-order chi connectivity index (χ1) is 5.00. The van der Waals surface area contributed by atoms with E-state index in [1.165, 1.54) is 12.7 Å². The van der Waals surface area contributed by atoms with Crippen molar-refractivity contribution >= 4 is 11.3 Å². The van der Waals surface area contributed by atoms with E-state index < -0.39 is 0 Å². The van der Waals surface area contributed by atoms with Crippen molar-refractivity contribution in [1.29, 1.82) is 0 Å². The van der Waals surface area contributed by atoms with Gasteiger partial charge in [0.05, 0.1) is 6.20 Å². The highest BCUT2D eigenvalue weighted by molar-refractivity contribution is 7.07. The van der Waals surface area contributed by atoms with Gasteiger partial charge in [-0.05, 0) is 10.8 Å². The fourth-order valence-electron chi connectivity index (χ4n) is 0.402. The first-order valence-corrected chi connectivity index (χ1v) is 3.74. The number of rotatable bonds is 0. The van der Waals surface area contributed by atoms with E-state index in [1.54, 1.807) is 17.5 Å². The molecule has 0 aromatic carbocycles. The Morgan fingerprint density at radius 1 is 1.20 bits per heavy atom. The normalized spacial score (nSPS) is 8.00. The minimum absolute atomic E-state index is 1.38. The number of oxazole rings is 1. The van der Waals surface area contributed by atoms with Gasteiger partial charge in [-0.3, -0.25) is 0 Å². The van der Waals surface area contributed by atoms with Gasteiger partial charge in [0.15, 0.2) is 6.39 Å². The van der Waals surface area contributed by atoms with Gasteiger partial charge in [0.2, 0.25) is 0 Å². The predicted molar refractivity (Wildman–Crippen MR) is 40.8 cm³/mol. The first kappa shape index (κ1) is 7.02. The summed E-state index contributed by atoms with van der Waals surface area (Å²) in [7, 11) is 0. The number of aromatic nitrogens is 1. The highest BCUT2D eigenvalue weighted by Crippen LogP contribution is 1.91. The molecule has 0 unspecified atom stereocenters. The summed E-state index contributed by atoms with van der Waals surface area (Å²) >= 11 is 1.71. The molecule has 0 aliphatic rings. The van der Waals surface area contributed by atoms with Gasteiger partial charge in [-0.1, -0.05) is 12.1 Å². The van der Waals surface area contributed by atoms with Gasteiger partial charge in [0.25, 0.3) is 0 Å². The molecule has 0 bridgehead atoms. The van der Waals surface area contributed by atoms with E-state index in [-0.39, 0.29) is 0 Å². The molecular weight excluding hydrogens is 146 g/mol. The third-order valence-electron chi connectivity index (χ3n) is 0.773. The Morgan fingerprint density at radius 3 is 2.20 bits per heavy atom. The zero-order valence-corrected chi connectivity index (χ0v) is 6.12. The monoisotopic (exact) mass is 153 g/mol. The molecule has 0 spiro atoms. The SMILES string of the molecule is c1ccsc1.c1cocn1. The molecule has 0 N–H and O–H groups in total. The Labute approximate surface area is 63.1 Å². The van der Waals surface area contributed by atoms with Gasteiger partial charge in [0, 0.05) is 0 Å². The molecular formula is C7H7NOS. The predicted octanol–water partition coefficient (Wildman–Crippen LogP) is 2.42. The maximum atomic E-state index is 4.47. The van der Waals surface area contributed by atoms with Crippen LogP contribution in [-0.2, 0) is 0 Å². The lowest BCUT2D eigenvalue weighted by Crippen LogP contribution is -1.38. The van der Waals surface area contributed by atoms with Gasteiger partial charge in [-0.25, -0.2) is 4.98 Å². The highest BCUT2D eigenvalue weighted by Gasteiger charge is 1.59. The van der Waals surface area contributed by atoms with Crippen molar-refractivity contribution in [3.05, 3.63) is 41.7 Å². The second kappa shape index (κ2) is 4.76. The van der Waals surface area contributed by atoms with Crippen LogP contribution >= 0.6 is 11.3 Å². The Bertz CT molecular complexity index is 153. The van der Waals surface area contributed by atoms with Crippen LogP contribution in [-0.4, -0.2) is 4.98 Å². The molecule has 3 heteroatoms. The Morgan fingerprint density at radius 2 is 2.00 bits per heavy atom. The van der Waals surface area contributed by atoms with Crippen LogP contribution in [0.5, 0.6) is 0 Å². The molecule has 0 aliphatic carbocycles. The van der Waals surface area contributed by atoms with Crippen LogP contribution in [0.3, 0.4) is 0 Å². The molecule has 0 aliphatic heterocycles. The van der Waals surface area contributed by atoms with Crippen LogP contribution in [0, 0.1) is 0 Å².